The molecule has 5 nitrogen and oxygen atoms in total. The lowest BCUT2D eigenvalue weighted by atomic mass is 9.98. The standard InChI is InChI=1S/C14H22FN3O2S/c1-2-16-11-12-7-9-18(10-8-12)21(19,20)17-14-6-4-3-5-13(14)15/h3-6,12,16-17H,2,7-11H2,1H3. The summed E-state index contributed by atoms with van der Waals surface area (Å²) in [6.45, 7) is 4.84. The third-order valence-electron chi connectivity index (χ3n) is 3.71. The van der Waals surface area contributed by atoms with E-state index in [9.17, 15) is 12.8 Å². The van der Waals surface area contributed by atoms with Crippen molar-refractivity contribution in [3.63, 3.8) is 0 Å². The Bertz CT molecular complexity index is 557. The van der Waals surface area contributed by atoms with Gasteiger partial charge in [-0.05, 0) is 44.0 Å². The van der Waals surface area contributed by atoms with E-state index < -0.39 is 16.0 Å². The van der Waals surface area contributed by atoms with Crippen molar-refractivity contribution < 1.29 is 12.8 Å². The van der Waals surface area contributed by atoms with E-state index >= 15 is 0 Å². The molecule has 1 fully saturated rings. The Balaban J connectivity index is 1.94. The lowest BCUT2D eigenvalue weighted by Gasteiger charge is -2.31. The molecule has 21 heavy (non-hydrogen) atoms. The minimum atomic E-state index is -3.68. The number of benzene rings is 1. The van der Waals surface area contributed by atoms with E-state index in [2.05, 4.69) is 17.0 Å². The zero-order valence-corrected chi connectivity index (χ0v) is 13.0. The molecule has 2 rings (SSSR count). The first-order valence-electron chi connectivity index (χ1n) is 7.26. The van der Waals surface area contributed by atoms with E-state index in [4.69, 9.17) is 0 Å². The first kappa shape index (κ1) is 16.2. The Morgan fingerprint density at radius 3 is 2.57 bits per heavy atom. The van der Waals surface area contributed by atoms with Gasteiger partial charge in [-0.3, -0.25) is 4.72 Å². The highest BCUT2D eigenvalue weighted by Gasteiger charge is 2.28. The first-order chi connectivity index (χ1) is 10.0. The molecule has 2 N–H and O–H groups in total. The molecule has 0 amide bonds. The molecule has 0 aliphatic carbocycles. The first-order valence-corrected chi connectivity index (χ1v) is 8.70. The van der Waals surface area contributed by atoms with Gasteiger partial charge in [-0.15, -0.1) is 0 Å². The highest BCUT2D eigenvalue weighted by molar-refractivity contribution is 7.90. The van der Waals surface area contributed by atoms with E-state index in [0.717, 1.165) is 25.9 Å². The van der Waals surface area contributed by atoms with E-state index in [1.54, 1.807) is 6.07 Å². The van der Waals surface area contributed by atoms with Crippen LogP contribution in [0.4, 0.5) is 10.1 Å². The normalized spacial score (nSPS) is 17.8. The Hall–Kier alpha value is -1.18. The van der Waals surface area contributed by atoms with Crippen molar-refractivity contribution in [1.29, 1.82) is 0 Å². The largest absolute Gasteiger partial charge is 0.317 e. The number of anilines is 1. The summed E-state index contributed by atoms with van der Waals surface area (Å²) in [5.74, 6) is -0.0621. The molecular formula is C14H22FN3O2S. The van der Waals surface area contributed by atoms with Gasteiger partial charge in [0.2, 0.25) is 0 Å². The summed E-state index contributed by atoms with van der Waals surface area (Å²) in [4.78, 5) is 0. The van der Waals surface area contributed by atoms with Crippen molar-refractivity contribution in [1.82, 2.24) is 9.62 Å². The monoisotopic (exact) mass is 315 g/mol. The highest BCUT2D eigenvalue weighted by Crippen LogP contribution is 2.21. The van der Waals surface area contributed by atoms with Crippen LogP contribution in [0.3, 0.4) is 0 Å². The number of nitrogens with zero attached hydrogens (tertiary/aromatic N) is 1. The van der Waals surface area contributed by atoms with Crippen LogP contribution in [0, 0.1) is 11.7 Å². The van der Waals surface area contributed by atoms with Crippen molar-refractivity contribution >= 4 is 15.9 Å². The molecule has 0 unspecified atom stereocenters. The number of nitrogens with one attached hydrogen (secondary N) is 2. The zero-order chi connectivity index (χ0) is 15.3. The Kier molecular flexibility index (Phi) is 5.55. The summed E-state index contributed by atoms with van der Waals surface area (Å²) in [6.07, 6.45) is 1.65. The summed E-state index contributed by atoms with van der Waals surface area (Å²) in [5.41, 5.74) is -0.00715. The van der Waals surface area contributed by atoms with Crippen LogP contribution in [0.15, 0.2) is 24.3 Å². The van der Waals surface area contributed by atoms with Crippen molar-refractivity contribution in [2.75, 3.05) is 30.9 Å². The van der Waals surface area contributed by atoms with E-state index in [-0.39, 0.29) is 5.69 Å². The third-order valence-corrected chi connectivity index (χ3v) is 5.23. The lowest BCUT2D eigenvalue weighted by Crippen LogP contribution is -2.43. The maximum Gasteiger partial charge on any atom is 0.301 e. The molecule has 1 heterocycles. The Morgan fingerprint density at radius 1 is 1.29 bits per heavy atom. The average molecular weight is 315 g/mol. The maximum atomic E-state index is 13.5. The molecule has 118 valence electrons. The molecule has 0 bridgehead atoms. The van der Waals surface area contributed by atoms with Crippen LogP contribution in [-0.2, 0) is 10.2 Å². The van der Waals surface area contributed by atoms with Crippen LogP contribution in [0.2, 0.25) is 0 Å². The molecule has 0 aromatic heterocycles. The molecule has 1 aliphatic heterocycles. The summed E-state index contributed by atoms with van der Waals surface area (Å²) >= 11 is 0. The van der Waals surface area contributed by atoms with Gasteiger partial charge in [0.15, 0.2) is 0 Å². The SMILES string of the molecule is CCNCC1CCN(S(=O)(=O)Nc2ccccc2F)CC1. The van der Waals surface area contributed by atoms with Gasteiger partial charge < -0.3 is 5.32 Å². The van der Waals surface area contributed by atoms with Crippen molar-refractivity contribution in [2.24, 2.45) is 5.92 Å². The van der Waals surface area contributed by atoms with Gasteiger partial charge >= 0.3 is 10.2 Å². The number of hydrogen-bond acceptors (Lipinski definition) is 3. The summed E-state index contributed by atoms with van der Waals surface area (Å²) in [5, 5.41) is 3.29. The minimum absolute atomic E-state index is 0.00715. The lowest BCUT2D eigenvalue weighted by molar-refractivity contribution is 0.269. The Morgan fingerprint density at radius 2 is 1.95 bits per heavy atom. The molecule has 0 saturated carbocycles. The summed E-state index contributed by atoms with van der Waals surface area (Å²) < 4.78 is 41.8. The van der Waals surface area contributed by atoms with Crippen LogP contribution in [-0.4, -0.2) is 38.9 Å². The van der Waals surface area contributed by atoms with Gasteiger partial charge in [-0.25, -0.2) is 4.39 Å². The van der Waals surface area contributed by atoms with Crippen LogP contribution >= 0.6 is 0 Å². The van der Waals surface area contributed by atoms with E-state index in [1.807, 2.05) is 0 Å². The van der Waals surface area contributed by atoms with Gasteiger partial charge in [-0.1, -0.05) is 19.1 Å². The molecule has 1 aliphatic rings. The molecule has 0 atom stereocenters. The van der Waals surface area contributed by atoms with Gasteiger partial charge in [-0.2, -0.15) is 12.7 Å². The molecule has 0 spiro atoms. The highest BCUT2D eigenvalue weighted by atomic mass is 32.2. The third kappa shape index (κ3) is 4.39. The smallest absolute Gasteiger partial charge is 0.301 e. The number of para-hydroxylation sites is 1. The predicted octanol–water partition coefficient (Wildman–Crippen LogP) is 1.80. The predicted molar refractivity (Wildman–Crippen MR) is 81.8 cm³/mol. The Labute approximate surface area is 125 Å². The zero-order valence-electron chi connectivity index (χ0n) is 12.2. The van der Waals surface area contributed by atoms with E-state index in [1.165, 1.54) is 22.5 Å². The quantitative estimate of drug-likeness (QED) is 0.841. The van der Waals surface area contributed by atoms with Gasteiger partial charge in [0, 0.05) is 13.1 Å². The molecule has 1 aromatic rings. The maximum absolute atomic E-state index is 13.5. The van der Waals surface area contributed by atoms with Crippen molar-refractivity contribution in [2.45, 2.75) is 19.8 Å². The molecular weight excluding hydrogens is 293 g/mol. The fourth-order valence-corrected chi connectivity index (χ4v) is 3.71. The molecule has 7 heteroatoms. The average Bonchev–Trinajstić information content (AvgIpc) is 2.48. The van der Waals surface area contributed by atoms with Crippen LogP contribution < -0.4 is 10.0 Å². The second kappa shape index (κ2) is 7.20. The summed E-state index contributed by atoms with van der Waals surface area (Å²) in [6, 6.07) is 5.79. The second-order valence-corrected chi connectivity index (χ2v) is 6.91. The minimum Gasteiger partial charge on any atom is -0.317 e. The van der Waals surface area contributed by atoms with E-state index in [0.29, 0.717) is 19.0 Å². The van der Waals surface area contributed by atoms with Crippen molar-refractivity contribution in [3.8, 4) is 0 Å². The number of piperidine rings is 1. The van der Waals surface area contributed by atoms with Crippen LogP contribution in [0.5, 0.6) is 0 Å². The van der Waals surface area contributed by atoms with Crippen molar-refractivity contribution in [3.05, 3.63) is 30.1 Å². The molecule has 0 radical (unpaired) electrons. The fourth-order valence-electron chi connectivity index (χ4n) is 2.45. The number of hydrogen-bond donors (Lipinski definition) is 2. The topological polar surface area (TPSA) is 61.4 Å². The number of halogens is 1. The van der Waals surface area contributed by atoms with Crippen LogP contribution in [0.1, 0.15) is 19.8 Å². The fraction of sp³-hybridized carbons (Fsp3) is 0.571. The second-order valence-electron chi connectivity index (χ2n) is 5.24. The molecule has 1 aromatic carbocycles. The van der Waals surface area contributed by atoms with Gasteiger partial charge in [0.25, 0.3) is 0 Å². The van der Waals surface area contributed by atoms with Gasteiger partial charge in [0.1, 0.15) is 5.82 Å². The summed E-state index contributed by atoms with van der Waals surface area (Å²) in [7, 11) is -3.68. The molecule has 1 saturated heterocycles. The number of rotatable bonds is 6. The van der Waals surface area contributed by atoms with Gasteiger partial charge in [0.05, 0.1) is 5.69 Å². The van der Waals surface area contributed by atoms with Crippen LogP contribution in [0.25, 0.3) is 0 Å².